The maximum Gasteiger partial charge on any atom is 0.270 e. The highest BCUT2D eigenvalue weighted by molar-refractivity contribution is 5.63. The summed E-state index contributed by atoms with van der Waals surface area (Å²) in [4.78, 5) is 12.4. The van der Waals surface area contributed by atoms with Gasteiger partial charge in [0, 0.05) is 31.3 Å². The molecule has 19 heavy (non-hydrogen) atoms. The third-order valence-corrected chi connectivity index (χ3v) is 3.52. The van der Waals surface area contributed by atoms with Crippen LogP contribution in [0.3, 0.4) is 0 Å². The number of benzene rings is 1. The largest absolute Gasteiger partial charge is 0.366 e. The van der Waals surface area contributed by atoms with Crippen molar-refractivity contribution in [3.05, 3.63) is 33.9 Å². The Morgan fingerprint density at radius 3 is 2.95 bits per heavy atom. The zero-order valence-electron chi connectivity index (χ0n) is 10.6. The third kappa shape index (κ3) is 2.66. The van der Waals surface area contributed by atoms with Gasteiger partial charge < -0.3 is 10.6 Å². The van der Waals surface area contributed by atoms with Crippen molar-refractivity contribution in [2.75, 3.05) is 18.0 Å². The first-order chi connectivity index (χ1) is 9.17. The van der Waals surface area contributed by atoms with Crippen LogP contribution in [0.5, 0.6) is 0 Å². The normalized spacial score (nSPS) is 18.9. The summed E-state index contributed by atoms with van der Waals surface area (Å²) in [5, 5.41) is 19.9. The molecule has 1 atom stereocenters. The summed E-state index contributed by atoms with van der Waals surface area (Å²) in [6, 6.07) is 6.69. The van der Waals surface area contributed by atoms with Gasteiger partial charge in [0.15, 0.2) is 0 Å². The fraction of sp³-hybridized carbons (Fsp3) is 0.462. The Hall–Kier alpha value is -2.13. The lowest BCUT2D eigenvalue weighted by atomic mass is 10.00. The monoisotopic (exact) mass is 260 g/mol. The summed E-state index contributed by atoms with van der Waals surface area (Å²) in [6.07, 6.45) is 3.18. The number of nitrogens with zero attached hydrogens (tertiary/aromatic N) is 3. The highest BCUT2D eigenvalue weighted by Crippen LogP contribution is 2.29. The van der Waals surface area contributed by atoms with Gasteiger partial charge in [0.25, 0.3) is 5.69 Å². The predicted octanol–water partition coefficient (Wildman–Crippen LogP) is 1.78. The van der Waals surface area contributed by atoms with Gasteiger partial charge in [-0.25, -0.2) is 0 Å². The molecule has 1 saturated heterocycles. The lowest BCUT2D eigenvalue weighted by Crippen LogP contribution is -2.44. The van der Waals surface area contributed by atoms with Crippen LogP contribution in [0.1, 0.15) is 24.8 Å². The number of rotatable bonds is 3. The van der Waals surface area contributed by atoms with E-state index in [9.17, 15) is 15.4 Å². The molecule has 1 aromatic rings. The first kappa shape index (κ1) is 13.3. The van der Waals surface area contributed by atoms with Crippen LogP contribution >= 0.6 is 0 Å². The smallest absolute Gasteiger partial charge is 0.270 e. The number of hydrogen-bond acceptors (Lipinski definition) is 5. The maximum atomic E-state index is 10.7. The molecule has 0 amide bonds. The number of hydrogen-bond donors (Lipinski definition) is 1. The number of anilines is 1. The average Bonchev–Trinajstić information content (AvgIpc) is 2.46. The summed E-state index contributed by atoms with van der Waals surface area (Å²) < 4.78 is 0. The van der Waals surface area contributed by atoms with Crippen LogP contribution in [0.4, 0.5) is 11.4 Å². The van der Waals surface area contributed by atoms with Crippen LogP contribution in [0, 0.1) is 21.4 Å². The van der Waals surface area contributed by atoms with Crippen LogP contribution in [0.2, 0.25) is 0 Å². The Morgan fingerprint density at radius 1 is 1.53 bits per heavy atom. The van der Waals surface area contributed by atoms with E-state index in [0.717, 1.165) is 31.5 Å². The standard InChI is InChI=1S/C13H16N4O2/c14-8-10-7-11(17(18)19)4-5-13(10)16-6-2-1-3-12(16)9-15/h4-5,7,12H,1-3,6,9,15H2. The topological polar surface area (TPSA) is 96.2 Å². The third-order valence-electron chi connectivity index (χ3n) is 3.52. The molecule has 1 aromatic carbocycles. The lowest BCUT2D eigenvalue weighted by Gasteiger charge is -2.37. The van der Waals surface area contributed by atoms with Gasteiger partial charge in [0.2, 0.25) is 0 Å². The minimum atomic E-state index is -0.485. The Balaban J connectivity index is 2.38. The summed E-state index contributed by atoms with van der Waals surface area (Å²) in [5.74, 6) is 0. The molecule has 0 spiro atoms. The molecule has 1 unspecified atom stereocenters. The molecule has 1 heterocycles. The molecule has 0 radical (unpaired) electrons. The van der Waals surface area contributed by atoms with Crippen LogP contribution in [-0.4, -0.2) is 24.1 Å². The van der Waals surface area contributed by atoms with Gasteiger partial charge in [-0.05, 0) is 25.3 Å². The zero-order chi connectivity index (χ0) is 13.8. The molecule has 6 nitrogen and oxygen atoms in total. The van der Waals surface area contributed by atoms with Gasteiger partial charge in [-0.3, -0.25) is 10.1 Å². The summed E-state index contributed by atoms with van der Waals surface area (Å²) in [6.45, 7) is 1.37. The van der Waals surface area contributed by atoms with Crippen molar-refractivity contribution >= 4 is 11.4 Å². The molecule has 2 rings (SSSR count). The van der Waals surface area contributed by atoms with Crippen LogP contribution < -0.4 is 10.6 Å². The van der Waals surface area contributed by atoms with Crippen molar-refractivity contribution in [1.29, 1.82) is 5.26 Å². The van der Waals surface area contributed by atoms with Crippen molar-refractivity contribution < 1.29 is 4.92 Å². The fourth-order valence-electron chi connectivity index (χ4n) is 2.54. The average molecular weight is 260 g/mol. The minimum Gasteiger partial charge on any atom is -0.366 e. The van der Waals surface area contributed by atoms with E-state index in [1.54, 1.807) is 6.07 Å². The molecular formula is C13H16N4O2. The van der Waals surface area contributed by atoms with Gasteiger partial charge >= 0.3 is 0 Å². The van der Waals surface area contributed by atoms with Crippen LogP contribution in [-0.2, 0) is 0 Å². The number of non-ortho nitro benzene ring substituents is 1. The van der Waals surface area contributed by atoms with Crippen molar-refractivity contribution in [2.24, 2.45) is 5.73 Å². The number of nitriles is 1. The molecule has 2 N–H and O–H groups in total. The van der Waals surface area contributed by atoms with E-state index in [-0.39, 0.29) is 11.7 Å². The van der Waals surface area contributed by atoms with Gasteiger partial charge in [-0.15, -0.1) is 0 Å². The molecule has 0 aliphatic carbocycles. The zero-order valence-corrected chi connectivity index (χ0v) is 10.6. The number of piperidine rings is 1. The maximum absolute atomic E-state index is 10.7. The second-order valence-corrected chi connectivity index (χ2v) is 4.65. The van der Waals surface area contributed by atoms with Gasteiger partial charge in [0.1, 0.15) is 6.07 Å². The van der Waals surface area contributed by atoms with E-state index in [4.69, 9.17) is 5.73 Å². The number of nitro groups is 1. The van der Waals surface area contributed by atoms with Crippen LogP contribution in [0.25, 0.3) is 0 Å². The molecule has 6 heteroatoms. The van der Waals surface area contributed by atoms with E-state index in [1.165, 1.54) is 12.1 Å². The Bertz CT molecular complexity index is 524. The van der Waals surface area contributed by atoms with Gasteiger partial charge in [-0.1, -0.05) is 0 Å². The fourth-order valence-corrected chi connectivity index (χ4v) is 2.54. The number of nitrogens with two attached hydrogens (primary N) is 1. The SMILES string of the molecule is N#Cc1cc([N+](=O)[O-])ccc1N1CCCCC1CN. The van der Waals surface area contributed by atoms with Crippen LogP contribution in [0.15, 0.2) is 18.2 Å². The van der Waals surface area contributed by atoms with E-state index in [1.807, 2.05) is 6.07 Å². The van der Waals surface area contributed by atoms with E-state index in [0.29, 0.717) is 12.1 Å². The molecule has 0 bridgehead atoms. The Kier molecular flexibility index (Phi) is 3.97. The summed E-state index contributed by atoms with van der Waals surface area (Å²) in [7, 11) is 0. The molecule has 0 aromatic heterocycles. The molecule has 100 valence electrons. The second kappa shape index (κ2) is 5.67. The highest BCUT2D eigenvalue weighted by Gasteiger charge is 2.24. The summed E-state index contributed by atoms with van der Waals surface area (Å²) >= 11 is 0. The first-order valence-corrected chi connectivity index (χ1v) is 6.32. The van der Waals surface area contributed by atoms with E-state index >= 15 is 0 Å². The minimum absolute atomic E-state index is 0.0541. The molecule has 1 aliphatic heterocycles. The van der Waals surface area contributed by atoms with Gasteiger partial charge in [0.05, 0.1) is 16.2 Å². The summed E-state index contributed by atoms with van der Waals surface area (Å²) in [5.41, 5.74) is 6.81. The second-order valence-electron chi connectivity index (χ2n) is 4.65. The molecule has 0 saturated carbocycles. The predicted molar refractivity (Wildman–Crippen MR) is 71.9 cm³/mol. The number of nitro benzene ring substituents is 1. The molecular weight excluding hydrogens is 244 g/mol. The van der Waals surface area contributed by atoms with Crippen molar-refractivity contribution in [3.8, 4) is 6.07 Å². The first-order valence-electron chi connectivity index (χ1n) is 6.32. The molecule has 1 fully saturated rings. The van der Waals surface area contributed by atoms with Crippen molar-refractivity contribution in [3.63, 3.8) is 0 Å². The lowest BCUT2D eigenvalue weighted by molar-refractivity contribution is -0.384. The Morgan fingerprint density at radius 2 is 2.32 bits per heavy atom. The Labute approximate surface area is 111 Å². The quantitative estimate of drug-likeness (QED) is 0.660. The highest BCUT2D eigenvalue weighted by atomic mass is 16.6. The van der Waals surface area contributed by atoms with E-state index in [2.05, 4.69) is 4.90 Å². The van der Waals surface area contributed by atoms with Crippen molar-refractivity contribution in [2.45, 2.75) is 25.3 Å². The van der Waals surface area contributed by atoms with E-state index < -0.39 is 4.92 Å². The van der Waals surface area contributed by atoms with Crippen molar-refractivity contribution in [1.82, 2.24) is 0 Å². The molecule has 1 aliphatic rings. The van der Waals surface area contributed by atoms with Gasteiger partial charge in [-0.2, -0.15) is 5.26 Å².